The summed E-state index contributed by atoms with van der Waals surface area (Å²) >= 11 is 2.96. The predicted molar refractivity (Wildman–Crippen MR) is 77.2 cm³/mol. The summed E-state index contributed by atoms with van der Waals surface area (Å²) in [7, 11) is -3.77. The summed E-state index contributed by atoms with van der Waals surface area (Å²) in [5.41, 5.74) is 5.47. The van der Waals surface area contributed by atoms with Crippen LogP contribution < -0.4 is 10.5 Å². The summed E-state index contributed by atoms with van der Waals surface area (Å²) < 4.78 is 45.6. The topological polar surface area (TPSA) is 81.4 Å². The van der Waals surface area contributed by atoms with Crippen LogP contribution in [-0.2, 0) is 14.8 Å². The Balaban J connectivity index is 2.16. The molecule has 1 heterocycles. The van der Waals surface area contributed by atoms with Crippen molar-refractivity contribution in [2.24, 2.45) is 5.92 Å². The lowest BCUT2D eigenvalue weighted by atomic mass is 10.0. The largest absolute Gasteiger partial charge is 0.398 e. The Morgan fingerprint density at radius 3 is 2.85 bits per heavy atom. The molecular formula is C12H16BrFN2O3S. The van der Waals surface area contributed by atoms with Crippen molar-refractivity contribution < 1.29 is 17.5 Å². The number of sulfonamides is 1. The molecule has 5 nitrogen and oxygen atoms in total. The zero-order chi connectivity index (χ0) is 14.9. The van der Waals surface area contributed by atoms with Crippen LogP contribution >= 0.6 is 15.9 Å². The van der Waals surface area contributed by atoms with Gasteiger partial charge in [0.1, 0.15) is 10.7 Å². The summed E-state index contributed by atoms with van der Waals surface area (Å²) in [6, 6.07) is 2.15. The van der Waals surface area contributed by atoms with E-state index in [9.17, 15) is 12.8 Å². The number of nitrogen functional groups attached to an aromatic ring is 1. The number of ether oxygens (including phenoxy) is 1. The highest BCUT2D eigenvalue weighted by atomic mass is 79.9. The summed E-state index contributed by atoms with van der Waals surface area (Å²) in [6.45, 7) is 2.82. The molecule has 2 atom stereocenters. The average molecular weight is 367 g/mol. The first-order valence-corrected chi connectivity index (χ1v) is 8.44. The van der Waals surface area contributed by atoms with Gasteiger partial charge in [-0.25, -0.2) is 17.5 Å². The van der Waals surface area contributed by atoms with Crippen molar-refractivity contribution in [3.8, 4) is 0 Å². The van der Waals surface area contributed by atoms with Crippen molar-refractivity contribution in [1.29, 1.82) is 0 Å². The number of halogens is 2. The second-order valence-electron chi connectivity index (χ2n) is 4.78. The van der Waals surface area contributed by atoms with E-state index in [1.165, 1.54) is 6.07 Å². The molecule has 1 saturated heterocycles. The van der Waals surface area contributed by atoms with Gasteiger partial charge in [-0.15, -0.1) is 0 Å². The lowest BCUT2D eigenvalue weighted by molar-refractivity contribution is 0.107. The summed E-state index contributed by atoms with van der Waals surface area (Å²) in [5.74, 6) is -0.464. The molecule has 1 aliphatic rings. The molecule has 1 fully saturated rings. The molecule has 8 heteroatoms. The molecule has 1 aliphatic heterocycles. The van der Waals surface area contributed by atoms with Gasteiger partial charge in [0.2, 0.25) is 10.0 Å². The fourth-order valence-corrected chi connectivity index (χ4v) is 3.84. The zero-order valence-electron chi connectivity index (χ0n) is 10.9. The molecule has 0 spiro atoms. The van der Waals surface area contributed by atoms with E-state index in [1.54, 1.807) is 0 Å². The van der Waals surface area contributed by atoms with E-state index in [4.69, 9.17) is 10.5 Å². The number of nitrogens with one attached hydrogen (secondary N) is 1. The summed E-state index contributed by atoms with van der Waals surface area (Å²) in [5, 5.41) is 0. The molecule has 0 amide bonds. The quantitative estimate of drug-likeness (QED) is 0.797. The van der Waals surface area contributed by atoms with Crippen LogP contribution in [0.25, 0.3) is 0 Å². The van der Waals surface area contributed by atoms with Crippen LogP contribution in [0.4, 0.5) is 10.1 Å². The van der Waals surface area contributed by atoms with E-state index < -0.39 is 15.8 Å². The normalized spacial score (nSPS) is 23.1. The van der Waals surface area contributed by atoms with E-state index in [-0.39, 0.29) is 33.6 Å². The molecule has 2 rings (SSSR count). The minimum absolute atomic E-state index is 0.0231. The van der Waals surface area contributed by atoms with Crippen molar-refractivity contribution in [2.75, 3.05) is 18.9 Å². The molecule has 0 aromatic heterocycles. The Morgan fingerprint density at radius 1 is 1.55 bits per heavy atom. The third-order valence-corrected chi connectivity index (χ3v) is 5.50. The van der Waals surface area contributed by atoms with Crippen LogP contribution in [-0.4, -0.2) is 27.7 Å². The van der Waals surface area contributed by atoms with Gasteiger partial charge in [-0.1, -0.05) is 0 Å². The van der Waals surface area contributed by atoms with Gasteiger partial charge in [0.05, 0.1) is 16.3 Å². The molecule has 112 valence electrons. The van der Waals surface area contributed by atoms with E-state index >= 15 is 0 Å². The van der Waals surface area contributed by atoms with Gasteiger partial charge >= 0.3 is 0 Å². The van der Waals surface area contributed by atoms with Gasteiger partial charge in [0, 0.05) is 19.1 Å². The molecule has 0 bridgehead atoms. The smallest absolute Gasteiger partial charge is 0.242 e. The van der Waals surface area contributed by atoms with Crippen molar-refractivity contribution in [3.05, 3.63) is 22.4 Å². The van der Waals surface area contributed by atoms with E-state index in [0.717, 1.165) is 12.5 Å². The van der Waals surface area contributed by atoms with Gasteiger partial charge in [-0.3, -0.25) is 0 Å². The maximum absolute atomic E-state index is 13.3. The molecule has 20 heavy (non-hydrogen) atoms. The molecule has 1 aromatic carbocycles. The van der Waals surface area contributed by atoms with Gasteiger partial charge in [0.15, 0.2) is 0 Å². The highest BCUT2D eigenvalue weighted by Crippen LogP contribution is 2.26. The van der Waals surface area contributed by atoms with Crippen molar-refractivity contribution >= 4 is 31.6 Å². The van der Waals surface area contributed by atoms with E-state index in [0.29, 0.717) is 6.61 Å². The highest BCUT2D eigenvalue weighted by molar-refractivity contribution is 9.10. The molecular weight excluding hydrogens is 351 g/mol. The van der Waals surface area contributed by atoms with Crippen LogP contribution in [0.15, 0.2) is 21.5 Å². The van der Waals surface area contributed by atoms with Crippen LogP contribution in [0.3, 0.4) is 0 Å². The lowest BCUT2D eigenvalue weighted by Crippen LogP contribution is -2.32. The number of hydrogen-bond acceptors (Lipinski definition) is 4. The average Bonchev–Trinajstić information content (AvgIpc) is 2.77. The predicted octanol–water partition coefficient (Wildman–Crippen LogP) is 1.87. The summed E-state index contributed by atoms with van der Waals surface area (Å²) in [4.78, 5) is -0.127. The zero-order valence-corrected chi connectivity index (χ0v) is 13.3. The summed E-state index contributed by atoms with van der Waals surface area (Å²) in [6.07, 6.45) is 0.835. The fraction of sp³-hybridized carbons (Fsp3) is 0.500. The third kappa shape index (κ3) is 3.30. The molecule has 0 saturated carbocycles. The molecule has 3 N–H and O–H groups in total. The van der Waals surface area contributed by atoms with Gasteiger partial charge < -0.3 is 10.5 Å². The maximum atomic E-state index is 13.3. The number of hydrogen-bond donors (Lipinski definition) is 2. The fourth-order valence-electron chi connectivity index (χ4n) is 2.12. The number of anilines is 1. The number of nitrogens with two attached hydrogens (primary N) is 1. The standard InChI is InChI=1S/C12H16BrFN2O3S/c1-7-8(2-3-19-7)6-16-20(17,18)12-4-9(13)10(14)5-11(12)15/h4-5,7-8,16H,2-3,6,15H2,1H3. The van der Waals surface area contributed by atoms with Gasteiger partial charge in [-0.2, -0.15) is 0 Å². The van der Waals surface area contributed by atoms with Crippen LogP contribution in [0.2, 0.25) is 0 Å². The molecule has 0 radical (unpaired) electrons. The molecule has 0 aliphatic carbocycles. The Kier molecular flexibility index (Phi) is 4.68. The highest BCUT2D eigenvalue weighted by Gasteiger charge is 2.27. The number of benzene rings is 1. The Labute approximate surface area is 125 Å². The van der Waals surface area contributed by atoms with Crippen molar-refractivity contribution in [3.63, 3.8) is 0 Å². The minimum Gasteiger partial charge on any atom is -0.398 e. The number of rotatable bonds is 4. The first kappa shape index (κ1) is 15.7. The van der Waals surface area contributed by atoms with Gasteiger partial charge in [0.25, 0.3) is 0 Å². The van der Waals surface area contributed by atoms with Crippen LogP contribution in [0.1, 0.15) is 13.3 Å². The SMILES string of the molecule is CC1OCCC1CNS(=O)(=O)c1cc(Br)c(F)cc1N. The third-order valence-electron chi connectivity index (χ3n) is 3.41. The lowest BCUT2D eigenvalue weighted by Gasteiger charge is -2.16. The second-order valence-corrected chi connectivity index (χ2v) is 7.37. The maximum Gasteiger partial charge on any atom is 0.242 e. The van der Waals surface area contributed by atoms with Gasteiger partial charge in [-0.05, 0) is 41.4 Å². The monoisotopic (exact) mass is 366 g/mol. The first-order chi connectivity index (χ1) is 9.31. The van der Waals surface area contributed by atoms with Crippen LogP contribution in [0, 0.1) is 11.7 Å². The van der Waals surface area contributed by atoms with Crippen molar-refractivity contribution in [2.45, 2.75) is 24.3 Å². The first-order valence-electron chi connectivity index (χ1n) is 6.17. The Morgan fingerprint density at radius 2 is 2.25 bits per heavy atom. The molecule has 1 aromatic rings. The van der Waals surface area contributed by atoms with E-state index in [2.05, 4.69) is 20.7 Å². The Bertz CT molecular complexity index is 609. The van der Waals surface area contributed by atoms with Crippen LogP contribution in [0.5, 0.6) is 0 Å². The second kappa shape index (κ2) is 5.97. The van der Waals surface area contributed by atoms with E-state index in [1.807, 2.05) is 6.92 Å². The van der Waals surface area contributed by atoms with Crippen molar-refractivity contribution in [1.82, 2.24) is 4.72 Å². The molecule has 2 unspecified atom stereocenters. The Hall–Kier alpha value is -0.700. The minimum atomic E-state index is -3.77.